The number of hydrogen-bond acceptors (Lipinski definition) is 4. The summed E-state index contributed by atoms with van der Waals surface area (Å²) in [4.78, 5) is 24.9. The Morgan fingerprint density at radius 1 is 1.30 bits per heavy atom. The van der Waals surface area contributed by atoms with Crippen molar-refractivity contribution in [3.05, 3.63) is 0 Å². The van der Waals surface area contributed by atoms with Crippen LogP contribution < -0.4 is 5.32 Å². The molecular weight excluding hydrogens is 256 g/mol. The summed E-state index contributed by atoms with van der Waals surface area (Å²) in [5, 5.41) is 3.52. The quantitative estimate of drug-likeness (QED) is 0.793. The topological polar surface area (TPSA) is 58.6 Å². The molecule has 0 aliphatic carbocycles. The van der Waals surface area contributed by atoms with Gasteiger partial charge in [0.2, 0.25) is 5.91 Å². The summed E-state index contributed by atoms with van der Waals surface area (Å²) in [5.74, 6) is 0.0506. The van der Waals surface area contributed by atoms with Crippen LogP contribution in [0.2, 0.25) is 0 Å². The molecule has 1 amide bonds. The zero-order valence-corrected chi connectivity index (χ0v) is 13.4. The van der Waals surface area contributed by atoms with Crippen molar-refractivity contribution in [1.29, 1.82) is 0 Å². The number of carbonyl (C=O) groups excluding carboxylic acids is 2. The third-order valence-electron chi connectivity index (χ3n) is 3.59. The largest absolute Gasteiger partial charge is 0.469 e. The van der Waals surface area contributed by atoms with E-state index in [1.54, 1.807) is 6.92 Å². The average Bonchev–Trinajstić information content (AvgIpc) is 2.35. The minimum atomic E-state index is -0.199. The van der Waals surface area contributed by atoms with Crippen LogP contribution in [0.1, 0.15) is 40.5 Å². The lowest BCUT2D eigenvalue weighted by Gasteiger charge is -2.38. The number of amides is 1. The summed E-state index contributed by atoms with van der Waals surface area (Å²) in [6, 6.07) is 0.251. The third-order valence-corrected chi connectivity index (χ3v) is 3.59. The maximum absolute atomic E-state index is 11.6. The van der Waals surface area contributed by atoms with Gasteiger partial charge in [-0.25, -0.2) is 0 Å². The first-order valence-corrected chi connectivity index (χ1v) is 7.27. The van der Waals surface area contributed by atoms with Gasteiger partial charge in [-0.1, -0.05) is 20.8 Å². The predicted molar refractivity (Wildman–Crippen MR) is 78.2 cm³/mol. The zero-order chi connectivity index (χ0) is 15.3. The monoisotopic (exact) mass is 284 g/mol. The molecule has 116 valence electrons. The van der Waals surface area contributed by atoms with E-state index in [0.29, 0.717) is 13.0 Å². The number of nitrogens with one attached hydrogen (secondary N) is 1. The van der Waals surface area contributed by atoms with Crippen LogP contribution in [-0.2, 0) is 14.3 Å². The Balaban J connectivity index is 2.60. The van der Waals surface area contributed by atoms with E-state index < -0.39 is 0 Å². The lowest BCUT2D eigenvalue weighted by molar-refractivity contribution is -0.143. The van der Waals surface area contributed by atoms with E-state index in [2.05, 4.69) is 26.1 Å². The fourth-order valence-electron chi connectivity index (χ4n) is 2.53. The summed E-state index contributed by atoms with van der Waals surface area (Å²) in [6.45, 7) is 10.4. The minimum Gasteiger partial charge on any atom is -0.469 e. The van der Waals surface area contributed by atoms with Crippen LogP contribution in [0.25, 0.3) is 0 Å². The van der Waals surface area contributed by atoms with Gasteiger partial charge >= 0.3 is 5.97 Å². The number of rotatable bonds is 4. The number of esters is 1. The fourth-order valence-corrected chi connectivity index (χ4v) is 2.53. The molecule has 2 atom stereocenters. The van der Waals surface area contributed by atoms with Crippen molar-refractivity contribution in [2.45, 2.75) is 46.6 Å². The van der Waals surface area contributed by atoms with Crippen LogP contribution in [0.4, 0.5) is 0 Å². The second kappa shape index (κ2) is 7.07. The summed E-state index contributed by atoms with van der Waals surface area (Å²) < 4.78 is 4.74. The SMILES string of the molecule is COC(=O)CC1CC(NCC(C)(C)C)CN(C(C)=O)C1. The maximum Gasteiger partial charge on any atom is 0.305 e. The van der Waals surface area contributed by atoms with Gasteiger partial charge in [-0.2, -0.15) is 0 Å². The molecule has 0 aromatic carbocycles. The second-order valence-corrected chi connectivity index (χ2v) is 6.94. The molecule has 20 heavy (non-hydrogen) atoms. The van der Waals surface area contributed by atoms with E-state index in [1.165, 1.54) is 7.11 Å². The summed E-state index contributed by atoms with van der Waals surface area (Å²) in [6.07, 6.45) is 1.29. The Labute approximate surface area is 122 Å². The highest BCUT2D eigenvalue weighted by Gasteiger charge is 2.30. The molecule has 1 rings (SSSR count). The number of ether oxygens (including phenoxy) is 1. The van der Waals surface area contributed by atoms with Gasteiger partial charge in [-0.15, -0.1) is 0 Å². The van der Waals surface area contributed by atoms with Gasteiger partial charge in [0.15, 0.2) is 0 Å². The first kappa shape index (κ1) is 17.0. The third kappa shape index (κ3) is 5.90. The van der Waals surface area contributed by atoms with Crippen molar-refractivity contribution in [1.82, 2.24) is 10.2 Å². The summed E-state index contributed by atoms with van der Waals surface area (Å²) >= 11 is 0. The zero-order valence-electron chi connectivity index (χ0n) is 13.4. The van der Waals surface area contributed by atoms with Gasteiger partial charge in [0.05, 0.1) is 13.5 Å². The van der Waals surface area contributed by atoms with Gasteiger partial charge in [0, 0.05) is 32.6 Å². The Bertz CT molecular complexity index is 350. The Kier molecular flexibility index (Phi) is 5.99. The number of hydrogen-bond donors (Lipinski definition) is 1. The predicted octanol–water partition coefficient (Wildman–Crippen LogP) is 1.42. The molecule has 1 fully saturated rings. The standard InChI is InChI=1S/C15H28N2O3/c1-11(18)17-8-12(7-14(19)20-5)6-13(9-17)16-10-15(2,3)4/h12-13,16H,6-10H2,1-5H3. The van der Waals surface area contributed by atoms with E-state index in [-0.39, 0.29) is 29.3 Å². The molecule has 0 radical (unpaired) electrons. The molecule has 1 aliphatic rings. The number of likely N-dealkylation sites (tertiary alicyclic amines) is 1. The Morgan fingerprint density at radius 2 is 1.95 bits per heavy atom. The highest BCUT2D eigenvalue weighted by molar-refractivity contribution is 5.74. The smallest absolute Gasteiger partial charge is 0.305 e. The molecule has 1 heterocycles. The molecule has 1 aliphatic heterocycles. The molecular formula is C15H28N2O3. The van der Waals surface area contributed by atoms with Gasteiger partial charge < -0.3 is 15.0 Å². The molecule has 5 nitrogen and oxygen atoms in total. The molecule has 2 unspecified atom stereocenters. The first-order valence-electron chi connectivity index (χ1n) is 7.27. The van der Waals surface area contributed by atoms with Gasteiger partial charge in [0.1, 0.15) is 0 Å². The van der Waals surface area contributed by atoms with Crippen molar-refractivity contribution in [2.24, 2.45) is 11.3 Å². The second-order valence-electron chi connectivity index (χ2n) is 6.94. The lowest BCUT2D eigenvalue weighted by Crippen LogP contribution is -2.52. The van der Waals surface area contributed by atoms with Crippen molar-refractivity contribution in [2.75, 3.05) is 26.7 Å². The van der Waals surface area contributed by atoms with Crippen molar-refractivity contribution < 1.29 is 14.3 Å². The molecule has 0 aromatic heterocycles. The van der Waals surface area contributed by atoms with Crippen molar-refractivity contribution >= 4 is 11.9 Å². The highest BCUT2D eigenvalue weighted by Crippen LogP contribution is 2.22. The van der Waals surface area contributed by atoms with E-state index in [9.17, 15) is 9.59 Å². The first-order chi connectivity index (χ1) is 9.21. The van der Waals surface area contributed by atoms with Crippen LogP contribution in [-0.4, -0.2) is 49.6 Å². The van der Waals surface area contributed by atoms with Gasteiger partial charge in [0.25, 0.3) is 0 Å². The van der Waals surface area contributed by atoms with E-state index >= 15 is 0 Å². The van der Waals surface area contributed by atoms with Crippen LogP contribution in [0.15, 0.2) is 0 Å². The highest BCUT2D eigenvalue weighted by atomic mass is 16.5. The van der Waals surface area contributed by atoms with Crippen molar-refractivity contribution in [3.8, 4) is 0 Å². The normalized spacial score (nSPS) is 23.6. The van der Waals surface area contributed by atoms with Crippen LogP contribution in [0.3, 0.4) is 0 Å². The lowest BCUT2D eigenvalue weighted by atomic mass is 9.90. The van der Waals surface area contributed by atoms with Crippen LogP contribution in [0, 0.1) is 11.3 Å². The molecule has 0 aromatic rings. The van der Waals surface area contributed by atoms with Crippen LogP contribution in [0.5, 0.6) is 0 Å². The van der Waals surface area contributed by atoms with Crippen LogP contribution >= 0.6 is 0 Å². The van der Waals surface area contributed by atoms with Gasteiger partial charge in [-0.3, -0.25) is 9.59 Å². The maximum atomic E-state index is 11.6. The van der Waals surface area contributed by atoms with Crippen molar-refractivity contribution in [3.63, 3.8) is 0 Å². The summed E-state index contributed by atoms with van der Waals surface area (Å²) in [7, 11) is 1.41. The molecule has 0 bridgehead atoms. The van der Waals surface area contributed by atoms with E-state index in [1.807, 2.05) is 4.90 Å². The number of methoxy groups -OCH3 is 1. The van der Waals surface area contributed by atoms with Gasteiger partial charge in [-0.05, 0) is 17.8 Å². The fraction of sp³-hybridized carbons (Fsp3) is 0.867. The number of carbonyl (C=O) groups is 2. The Morgan fingerprint density at radius 3 is 2.45 bits per heavy atom. The molecule has 0 saturated carbocycles. The number of nitrogens with zero attached hydrogens (tertiary/aromatic N) is 1. The molecule has 0 spiro atoms. The summed E-state index contributed by atoms with van der Waals surface area (Å²) in [5.41, 5.74) is 0.205. The Hall–Kier alpha value is -1.10. The minimum absolute atomic E-state index is 0.0714. The number of piperidine rings is 1. The van der Waals surface area contributed by atoms with E-state index in [4.69, 9.17) is 4.74 Å². The molecule has 5 heteroatoms. The molecule has 1 saturated heterocycles. The average molecular weight is 284 g/mol. The molecule has 1 N–H and O–H groups in total. The van der Waals surface area contributed by atoms with E-state index in [0.717, 1.165) is 19.5 Å².